The van der Waals surface area contributed by atoms with E-state index >= 15 is 0 Å². The van der Waals surface area contributed by atoms with Gasteiger partial charge in [0.1, 0.15) is 5.82 Å². The molecule has 36 heavy (non-hydrogen) atoms. The van der Waals surface area contributed by atoms with Crippen LogP contribution in [0.25, 0.3) is 5.70 Å². The maximum absolute atomic E-state index is 14.8. The summed E-state index contributed by atoms with van der Waals surface area (Å²) in [5.41, 5.74) is 14.1. The van der Waals surface area contributed by atoms with Crippen molar-refractivity contribution < 1.29 is 4.39 Å². The molecule has 0 aromatic carbocycles. The summed E-state index contributed by atoms with van der Waals surface area (Å²) < 4.78 is 14.8. The molecule has 0 amide bonds. The molecular formula is C26H40FN9. The van der Waals surface area contributed by atoms with Crippen LogP contribution in [0.1, 0.15) is 64.9 Å². The molecule has 0 bridgehead atoms. The Kier molecular flexibility index (Phi) is 11.8. The maximum Gasteiger partial charge on any atom is 0.166 e. The second-order valence-electron chi connectivity index (χ2n) is 8.70. The molecule has 2 heterocycles. The third-order valence-electron chi connectivity index (χ3n) is 5.72. The average Bonchev–Trinajstić information content (AvgIpc) is 3.37. The molecule has 196 valence electrons. The fraction of sp³-hybridized carbons (Fsp3) is 0.462. The molecule has 0 fully saturated rings. The van der Waals surface area contributed by atoms with E-state index in [0.717, 1.165) is 37.8 Å². The number of aryl methyl sites for hydroxylation is 1. The van der Waals surface area contributed by atoms with Gasteiger partial charge in [0.25, 0.3) is 0 Å². The van der Waals surface area contributed by atoms with Crippen LogP contribution in [0.2, 0.25) is 0 Å². The van der Waals surface area contributed by atoms with Gasteiger partial charge in [-0.25, -0.2) is 9.37 Å². The zero-order valence-electron chi connectivity index (χ0n) is 21.7. The Morgan fingerprint density at radius 3 is 2.53 bits per heavy atom. The van der Waals surface area contributed by atoms with Crippen molar-refractivity contribution in [3.63, 3.8) is 0 Å². The molecule has 2 atom stereocenters. The van der Waals surface area contributed by atoms with Crippen LogP contribution in [0.4, 0.5) is 16.0 Å². The molecule has 10 heteroatoms. The Balaban J connectivity index is 2.31. The van der Waals surface area contributed by atoms with E-state index < -0.39 is 5.82 Å². The topological polar surface area (TPSA) is 132 Å². The van der Waals surface area contributed by atoms with Crippen LogP contribution < -0.4 is 22.1 Å². The largest absolute Gasteiger partial charge is 0.399 e. The SMILES string of the molecule is C=C/C(=C\N=C(CCCCC)CCn1nccn1)Nc1nc(NC(CC)C(C)N)c(F)cc1C(=C)N. The van der Waals surface area contributed by atoms with Gasteiger partial charge < -0.3 is 22.1 Å². The number of nitrogens with two attached hydrogens (primary N) is 2. The van der Waals surface area contributed by atoms with Gasteiger partial charge in [-0.1, -0.05) is 39.8 Å². The summed E-state index contributed by atoms with van der Waals surface area (Å²) in [5.74, 6) is -0.0973. The van der Waals surface area contributed by atoms with Gasteiger partial charge in [0.15, 0.2) is 11.6 Å². The van der Waals surface area contributed by atoms with E-state index in [9.17, 15) is 4.39 Å². The molecule has 0 saturated carbocycles. The predicted octanol–water partition coefficient (Wildman–Crippen LogP) is 4.83. The lowest BCUT2D eigenvalue weighted by Crippen LogP contribution is -2.37. The van der Waals surface area contributed by atoms with Gasteiger partial charge in [-0.15, -0.1) is 0 Å². The lowest BCUT2D eigenvalue weighted by atomic mass is 10.1. The van der Waals surface area contributed by atoms with Crippen LogP contribution in [0.15, 0.2) is 54.6 Å². The number of halogens is 1. The molecule has 2 aromatic rings. The van der Waals surface area contributed by atoms with Crippen molar-refractivity contribution in [1.82, 2.24) is 20.0 Å². The van der Waals surface area contributed by atoms with Crippen LogP contribution in [0, 0.1) is 5.82 Å². The Morgan fingerprint density at radius 2 is 1.94 bits per heavy atom. The average molecular weight is 498 g/mol. The van der Waals surface area contributed by atoms with Gasteiger partial charge in [-0.2, -0.15) is 15.0 Å². The zero-order chi connectivity index (χ0) is 26.5. The number of hydrogen-bond acceptors (Lipinski definition) is 8. The van der Waals surface area contributed by atoms with Crippen LogP contribution in [-0.2, 0) is 6.54 Å². The maximum atomic E-state index is 14.8. The van der Waals surface area contributed by atoms with Crippen LogP contribution >= 0.6 is 0 Å². The molecular weight excluding hydrogens is 457 g/mol. The van der Waals surface area contributed by atoms with Gasteiger partial charge in [0.05, 0.1) is 30.8 Å². The molecule has 6 N–H and O–H groups in total. The summed E-state index contributed by atoms with van der Waals surface area (Å²) in [6.07, 6.45) is 12.3. The summed E-state index contributed by atoms with van der Waals surface area (Å²) in [7, 11) is 0. The van der Waals surface area contributed by atoms with Crippen molar-refractivity contribution in [1.29, 1.82) is 0 Å². The number of nitrogens with zero attached hydrogens (tertiary/aromatic N) is 5. The fourth-order valence-electron chi connectivity index (χ4n) is 3.57. The summed E-state index contributed by atoms with van der Waals surface area (Å²) in [5, 5.41) is 14.6. The number of unbranched alkanes of at least 4 members (excludes halogenated alkanes) is 2. The number of pyridine rings is 1. The van der Waals surface area contributed by atoms with Gasteiger partial charge in [0.2, 0.25) is 0 Å². The smallest absolute Gasteiger partial charge is 0.166 e. The van der Waals surface area contributed by atoms with E-state index in [1.807, 2.05) is 13.8 Å². The molecule has 2 rings (SSSR count). The Hall–Kier alpha value is -3.53. The summed E-state index contributed by atoms with van der Waals surface area (Å²) in [6, 6.07) is 0.990. The monoisotopic (exact) mass is 497 g/mol. The number of aromatic nitrogens is 4. The molecule has 0 aliphatic heterocycles. The number of allylic oxidation sites excluding steroid dienone is 1. The number of anilines is 2. The van der Waals surface area contributed by atoms with Crippen molar-refractivity contribution >= 4 is 23.0 Å². The van der Waals surface area contributed by atoms with Crippen molar-refractivity contribution in [2.75, 3.05) is 10.6 Å². The predicted molar refractivity (Wildman–Crippen MR) is 147 cm³/mol. The third kappa shape index (κ3) is 8.92. The molecule has 0 radical (unpaired) electrons. The Morgan fingerprint density at radius 1 is 1.22 bits per heavy atom. The molecule has 2 aromatic heterocycles. The Labute approximate surface area is 213 Å². The van der Waals surface area contributed by atoms with E-state index in [0.29, 0.717) is 30.0 Å². The van der Waals surface area contributed by atoms with Crippen molar-refractivity contribution in [3.05, 3.63) is 61.0 Å². The normalized spacial score (nSPS) is 13.8. The van der Waals surface area contributed by atoms with Crippen LogP contribution in [-0.4, -0.2) is 37.8 Å². The molecule has 0 saturated heterocycles. The first-order valence-electron chi connectivity index (χ1n) is 12.5. The number of aliphatic imine (C=N–C) groups is 1. The molecule has 0 spiro atoms. The van der Waals surface area contributed by atoms with Gasteiger partial charge in [-0.3, -0.25) is 4.99 Å². The highest BCUT2D eigenvalue weighted by Crippen LogP contribution is 2.26. The standard InChI is InChI=1S/C26H40FN9/c1-6-9-10-11-21(12-15-36-31-13-14-32-36)30-17-20(7-2)33-25-22(18(4)28)16-23(27)26(35-25)34-24(8-3)19(5)29/h7,13-14,16-17,19,24H,2,4,6,8-12,15,28-29H2,1,3,5H3,(H2,33,34,35)/b20-17+,30-21?. The van der Waals surface area contributed by atoms with E-state index in [-0.39, 0.29) is 23.6 Å². The van der Waals surface area contributed by atoms with Crippen molar-refractivity contribution in [3.8, 4) is 0 Å². The highest BCUT2D eigenvalue weighted by atomic mass is 19.1. The zero-order valence-corrected chi connectivity index (χ0v) is 21.7. The van der Waals surface area contributed by atoms with Gasteiger partial charge in [0, 0.05) is 35.5 Å². The van der Waals surface area contributed by atoms with Gasteiger partial charge >= 0.3 is 0 Å². The molecule has 2 unspecified atom stereocenters. The minimum atomic E-state index is -0.533. The fourth-order valence-corrected chi connectivity index (χ4v) is 3.57. The summed E-state index contributed by atoms with van der Waals surface area (Å²) in [4.78, 5) is 10.8. The molecule has 9 nitrogen and oxygen atoms in total. The quantitative estimate of drug-likeness (QED) is 0.148. The van der Waals surface area contributed by atoms with Crippen LogP contribution in [0.5, 0.6) is 0 Å². The molecule has 0 aliphatic rings. The first-order chi connectivity index (χ1) is 17.3. The Bertz CT molecular complexity index is 1040. The van der Waals surface area contributed by atoms with E-state index in [1.54, 1.807) is 29.5 Å². The lowest BCUT2D eigenvalue weighted by molar-refractivity contribution is 0.547. The first-order valence-corrected chi connectivity index (χ1v) is 12.5. The third-order valence-corrected chi connectivity index (χ3v) is 5.72. The van der Waals surface area contributed by atoms with Crippen molar-refractivity contribution in [2.24, 2.45) is 16.5 Å². The highest BCUT2D eigenvalue weighted by Gasteiger charge is 2.18. The first kappa shape index (κ1) is 28.7. The second-order valence-corrected chi connectivity index (χ2v) is 8.70. The number of rotatable bonds is 16. The van der Waals surface area contributed by atoms with Crippen molar-refractivity contribution in [2.45, 2.75) is 77.9 Å². The number of nitrogens with one attached hydrogen (secondary N) is 2. The second kappa shape index (κ2) is 14.8. The minimum absolute atomic E-state index is 0.0885. The van der Waals surface area contributed by atoms with E-state index in [2.05, 4.69) is 45.9 Å². The minimum Gasteiger partial charge on any atom is -0.399 e. The van der Waals surface area contributed by atoms with E-state index in [4.69, 9.17) is 16.5 Å². The van der Waals surface area contributed by atoms with E-state index in [1.165, 1.54) is 6.07 Å². The number of hydrogen-bond donors (Lipinski definition) is 4. The summed E-state index contributed by atoms with van der Waals surface area (Å²) in [6.45, 7) is 14.3. The highest BCUT2D eigenvalue weighted by molar-refractivity contribution is 5.85. The summed E-state index contributed by atoms with van der Waals surface area (Å²) >= 11 is 0. The molecule has 0 aliphatic carbocycles. The van der Waals surface area contributed by atoms with Crippen LogP contribution in [0.3, 0.4) is 0 Å². The lowest BCUT2D eigenvalue weighted by Gasteiger charge is -2.22. The van der Waals surface area contributed by atoms with Gasteiger partial charge in [-0.05, 0) is 38.3 Å².